The molecule has 7 heteroatoms. The summed E-state index contributed by atoms with van der Waals surface area (Å²) < 4.78 is 46.6. The number of ether oxygens (including phenoxy) is 1. The topological polar surface area (TPSA) is 46.6 Å². The number of rotatable bonds is 6. The SMILES string of the molecule is CC1=C(C(=O)OCC(C)C)[C@H](c2ccccc2C(F)(F)F)CC(=O)N1Cc1ccccc1. The predicted molar refractivity (Wildman–Crippen MR) is 114 cm³/mol. The number of allylic oxidation sites excluding steroid dienone is 1. The van der Waals surface area contributed by atoms with Crippen LogP contribution in [-0.4, -0.2) is 23.4 Å². The van der Waals surface area contributed by atoms with Crippen LogP contribution in [0.25, 0.3) is 0 Å². The molecule has 0 radical (unpaired) electrons. The van der Waals surface area contributed by atoms with Crippen LogP contribution >= 0.6 is 0 Å². The highest BCUT2D eigenvalue weighted by Crippen LogP contribution is 2.43. The van der Waals surface area contributed by atoms with Gasteiger partial charge in [-0.05, 0) is 30.0 Å². The third-order valence-electron chi connectivity index (χ3n) is 5.42. The molecule has 0 spiro atoms. The molecule has 0 aliphatic carbocycles. The molecule has 0 N–H and O–H groups in total. The molecule has 1 aliphatic heterocycles. The largest absolute Gasteiger partial charge is 0.462 e. The highest BCUT2D eigenvalue weighted by molar-refractivity contribution is 5.96. The smallest absolute Gasteiger partial charge is 0.416 e. The van der Waals surface area contributed by atoms with Crippen molar-refractivity contribution in [3.05, 3.63) is 82.6 Å². The van der Waals surface area contributed by atoms with Crippen LogP contribution < -0.4 is 0 Å². The van der Waals surface area contributed by atoms with Crippen molar-refractivity contribution in [2.75, 3.05) is 6.61 Å². The van der Waals surface area contributed by atoms with Crippen LogP contribution in [0.15, 0.2) is 65.9 Å². The lowest BCUT2D eigenvalue weighted by Crippen LogP contribution is -2.38. The molecule has 2 aromatic rings. The summed E-state index contributed by atoms with van der Waals surface area (Å²) in [7, 11) is 0. The Kier molecular flexibility index (Phi) is 7.06. The Morgan fingerprint density at radius 2 is 1.72 bits per heavy atom. The maximum atomic E-state index is 13.7. The quantitative estimate of drug-likeness (QED) is 0.537. The van der Waals surface area contributed by atoms with Crippen molar-refractivity contribution in [2.24, 2.45) is 5.92 Å². The molecule has 0 fully saturated rings. The zero-order valence-corrected chi connectivity index (χ0v) is 18.3. The second-order valence-electron chi connectivity index (χ2n) is 8.30. The number of amides is 1. The minimum atomic E-state index is -4.61. The number of carbonyl (C=O) groups excluding carboxylic acids is 2. The van der Waals surface area contributed by atoms with Crippen LogP contribution in [0.5, 0.6) is 0 Å². The molecule has 1 heterocycles. The van der Waals surface area contributed by atoms with Crippen molar-refractivity contribution < 1.29 is 27.5 Å². The van der Waals surface area contributed by atoms with E-state index in [0.717, 1.165) is 11.6 Å². The average Bonchev–Trinajstić information content (AvgIpc) is 2.74. The molecule has 1 amide bonds. The van der Waals surface area contributed by atoms with E-state index >= 15 is 0 Å². The Bertz CT molecular complexity index is 1010. The van der Waals surface area contributed by atoms with Gasteiger partial charge in [0.25, 0.3) is 0 Å². The molecule has 0 unspecified atom stereocenters. The number of alkyl halides is 3. The highest BCUT2D eigenvalue weighted by Gasteiger charge is 2.42. The van der Waals surface area contributed by atoms with Gasteiger partial charge >= 0.3 is 12.1 Å². The van der Waals surface area contributed by atoms with Gasteiger partial charge in [-0.25, -0.2) is 4.79 Å². The summed E-state index contributed by atoms with van der Waals surface area (Å²) in [6.45, 7) is 5.69. The summed E-state index contributed by atoms with van der Waals surface area (Å²) >= 11 is 0. The zero-order chi connectivity index (χ0) is 23.5. The standard InChI is InChI=1S/C25H26F3NO3/c1-16(2)15-32-24(31)23-17(3)29(14-18-9-5-4-6-10-18)22(30)13-20(23)19-11-7-8-12-21(19)25(26,27)28/h4-12,16,20H,13-15H2,1-3H3/t20-/m0/s1. The second-order valence-corrected chi connectivity index (χ2v) is 8.30. The molecule has 4 nitrogen and oxygen atoms in total. The van der Waals surface area contributed by atoms with Gasteiger partial charge in [-0.15, -0.1) is 0 Å². The number of hydrogen-bond donors (Lipinski definition) is 0. The average molecular weight is 445 g/mol. The summed E-state index contributed by atoms with van der Waals surface area (Å²) in [5.74, 6) is -2.00. The summed E-state index contributed by atoms with van der Waals surface area (Å²) in [4.78, 5) is 27.6. The van der Waals surface area contributed by atoms with Crippen molar-refractivity contribution in [3.8, 4) is 0 Å². The van der Waals surface area contributed by atoms with Crippen LogP contribution in [0.1, 0.15) is 49.8 Å². The number of carbonyl (C=O) groups is 2. The molecule has 32 heavy (non-hydrogen) atoms. The van der Waals surface area contributed by atoms with E-state index in [0.29, 0.717) is 5.70 Å². The molecule has 170 valence electrons. The lowest BCUT2D eigenvalue weighted by atomic mass is 9.81. The fraction of sp³-hybridized carbons (Fsp3) is 0.360. The molecule has 1 aliphatic rings. The Labute approximate surface area is 185 Å². The first kappa shape index (κ1) is 23.6. The molecular weight excluding hydrogens is 419 g/mol. The van der Waals surface area contributed by atoms with E-state index in [1.165, 1.54) is 23.1 Å². The minimum absolute atomic E-state index is 0.0615. The van der Waals surface area contributed by atoms with Gasteiger partial charge in [0.2, 0.25) is 5.91 Å². The second kappa shape index (κ2) is 9.59. The first-order valence-electron chi connectivity index (χ1n) is 10.5. The van der Waals surface area contributed by atoms with E-state index in [1.54, 1.807) is 6.92 Å². The van der Waals surface area contributed by atoms with Gasteiger partial charge in [-0.3, -0.25) is 4.79 Å². The predicted octanol–water partition coefficient (Wildman–Crippen LogP) is 5.69. The normalized spacial score (nSPS) is 17.2. The fourth-order valence-corrected chi connectivity index (χ4v) is 3.88. The number of halogens is 3. The highest BCUT2D eigenvalue weighted by atomic mass is 19.4. The monoisotopic (exact) mass is 445 g/mol. The lowest BCUT2D eigenvalue weighted by Gasteiger charge is -2.35. The molecule has 2 aromatic carbocycles. The Morgan fingerprint density at radius 3 is 2.34 bits per heavy atom. The number of nitrogens with zero attached hydrogens (tertiary/aromatic N) is 1. The molecular formula is C25H26F3NO3. The van der Waals surface area contributed by atoms with Crippen molar-refractivity contribution in [2.45, 2.75) is 45.8 Å². The Balaban J connectivity index is 2.09. The first-order chi connectivity index (χ1) is 15.1. The van der Waals surface area contributed by atoms with Crippen LogP contribution in [0.4, 0.5) is 13.2 Å². The van der Waals surface area contributed by atoms with E-state index in [2.05, 4.69) is 0 Å². The van der Waals surface area contributed by atoms with E-state index < -0.39 is 23.6 Å². The lowest BCUT2D eigenvalue weighted by molar-refractivity contribution is -0.143. The first-order valence-corrected chi connectivity index (χ1v) is 10.5. The molecule has 0 bridgehead atoms. The van der Waals surface area contributed by atoms with Crippen LogP contribution in [0, 0.1) is 5.92 Å². The third kappa shape index (κ3) is 5.21. The molecule has 1 atom stereocenters. The van der Waals surface area contributed by atoms with E-state index in [4.69, 9.17) is 4.74 Å². The van der Waals surface area contributed by atoms with Crippen LogP contribution in [-0.2, 0) is 27.0 Å². The third-order valence-corrected chi connectivity index (χ3v) is 5.42. The summed E-state index contributed by atoms with van der Waals surface area (Å²) in [6.07, 6.45) is -4.86. The number of hydrogen-bond acceptors (Lipinski definition) is 3. The van der Waals surface area contributed by atoms with E-state index in [-0.39, 0.29) is 42.5 Å². The van der Waals surface area contributed by atoms with Gasteiger partial charge in [-0.2, -0.15) is 13.2 Å². The van der Waals surface area contributed by atoms with Gasteiger partial charge in [0, 0.05) is 18.0 Å². The van der Waals surface area contributed by atoms with E-state index in [1.807, 2.05) is 44.2 Å². The van der Waals surface area contributed by atoms with Crippen molar-refractivity contribution in [1.29, 1.82) is 0 Å². The minimum Gasteiger partial charge on any atom is -0.462 e. The van der Waals surface area contributed by atoms with Gasteiger partial charge in [0.15, 0.2) is 0 Å². The summed E-state index contributed by atoms with van der Waals surface area (Å²) in [5, 5.41) is 0. The van der Waals surface area contributed by atoms with Crippen LogP contribution in [0.3, 0.4) is 0 Å². The van der Waals surface area contributed by atoms with Gasteiger partial charge in [0.05, 0.1) is 24.3 Å². The Morgan fingerprint density at radius 1 is 1.09 bits per heavy atom. The Hall–Kier alpha value is -3.09. The molecule has 3 rings (SSSR count). The zero-order valence-electron chi connectivity index (χ0n) is 18.3. The van der Waals surface area contributed by atoms with Crippen molar-refractivity contribution in [1.82, 2.24) is 4.90 Å². The van der Waals surface area contributed by atoms with Gasteiger partial charge in [0.1, 0.15) is 0 Å². The van der Waals surface area contributed by atoms with Gasteiger partial charge < -0.3 is 9.64 Å². The molecule has 0 saturated carbocycles. The maximum Gasteiger partial charge on any atom is 0.416 e. The van der Waals surface area contributed by atoms with E-state index in [9.17, 15) is 22.8 Å². The summed E-state index contributed by atoms with van der Waals surface area (Å²) in [5.41, 5.74) is 0.322. The maximum absolute atomic E-state index is 13.7. The summed E-state index contributed by atoms with van der Waals surface area (Å²) in [6, 6.07) is 14.3. The molecule has 0 saturated heterocycles. The number of benzene rings is 2. The molecule has 0 aromatic heterocycles. The van der Waals surface area contributed by atoms with Crippen molar-refractivity contribution >= 4 is 11.9 Å². The van der Waals surface area contributed by atoms with Crippen LogP contribution in [0.2, 0.25) is 0 Å². The fourth-order valence-electron chi connectivity index (χ4n) is 3.88. The number of esters is 1. The van der Waals surface area contributed by atoms with Crippen molar-refractivity contribution in [3.63, 3.8) is 0 Å². The van der Waals surface area contributed by atoms with Gasteiger partial charge in [-0.1, -0.05) is 62.4 Å².